The van der Waals surface area contributed by atoms with Crippen LogP contribution in [0.3, 0.4) is 0 Å². The number of morpholine rings is 1. The van der Waals surface area contributed by atoms with Gasteiger partial charge in [0.05, 0.1) is 18.9 Å². The predicted octanol–water partition coefficient (Wildman–Crippen LogP) is 1.21. The Hall–Kier alpha value is -1.18. The molecular weight excluding hydrogens is 271 g/mol. The Balaban J connectivity index is 2.47. The van der Waals surface area contributed by atoms with E-state index in [1.807, 2.05) is 6.92 Å². The number of hydrogen-bond acceptors (Lipinski definition) is 4. The fraction of sp³-hybridized carbons (Fsp3) is 0.500. The summed E-state index contributed by atoms with van der Waals surface area (Å²) in [4.78, 5) is -0.435. The van der Waals surface area contributed by atoms with Gasteiger partial charge in [0.2, 0.25) is 10.0 Å². The minimum Gasteiger partial charge on any atom is -0.398 e. The Bertz CT molecular complexity index is 542. The second kappa shape index (κ2) is 5.44. The molecule has 1 aromatic rings. The summed E-state index contributed by atoms with van der Waals surface area (Å²) in [5.41, 5.74) is 5.56. The van der Waals surface area contributed by atoms with Gasteiger partial charge in [-0.15, -0.1) is 0 Å². The number of rotatable bonds is 3. The summed E-state index contributed by atoms with van der Waals surface area (Å²) in [7, 11) is -3.93. The highest BCUT2D eigenvalue weighted by molar-refractivity contribution is 7.89. The minimum absolute atomic E-state index is 0.0682. The topological polar surface area (TPSA) is 72.6 Å². The molecule has 0 spiro atoms. The smallest absolute Gasteiger partial charge is 0.248 e. The first-order valence-electron chi connectivity index (χ1n) is 6.12. The first kappa shape index (κ1) is 14.2. The average molecular weight is 288 g/mol. The highest BCUT2D eigenvalue weighted by Gasteiger charge is 2.35. The van der Waals surface area contributed by atoms with Crippen molar-refractivity contribution >= 4 is 15.7 Å². The molecule has 1 aromatic carbocycles. The summed E-state index contributed by atoms with van der Waals surface area (Å²) >= 11 is 0. The van der Waals surface area contributed by atoms with Crippen LogP contribution >= 0.6 is 0 Å². The van der Waals surface area contributed by atoms with E-state index in [1.165, 1.54) is 16.4 Å². The second-order valence-electron chi connectivity index (χ2n) is 4.41. The molecule has 0 saturated carbocycles. The molecule has 106 valence electrons. The van der Waals surface area contributed by atoms with E-state index in [-0.39, 0.29) is 18.3 Å². The van der Waals surface area contributed by atoms with Gasteiger partial charge in [0.1, 0.15) is 10.7 Å². The lowest BCUT2D eigenvalue weighted by Gasteiger charge is -2.34. The maximum Gasteiger partial charge on any atom is 0.248 e. The van der Waals surface area contributed by atoms with Crippen LogP contribution < -0.4 is 5.73 Å². The molecule has 1 saturated heterocycles. The van der Waals surface area contributed by atoms with Gasteiger partial charge in [0, 0.05) is 12.6 Å². The average Bonchev–Trinajstić information content (AvgIpc) is 2.38. The summed E-state index contributed by atoms with van der Waals surface area (Å²) in [6.45, 7) is 2.72. The lowest BCUT2D eigenvalue weighted by Crippen LogP contribution is -2.48. The van der Waals surface area contributed by atoms with Crippen LogP contribution in [0.15, 0.2) is 23.1 Å². The quantitative estimate of drug-likeness (QED) is 0.848. The maximum absolute atomic E-state index is 13.8. The summed E-state index contributed by atoms with van der Waals surface area (Å²) in [6.07, 6.45) is 0.605. The van der Waals surface area contributed by atoms with Gasteiger partial charge in [-0.05, 0) is 18.6 Å². The van der Waals surface area contributed by atoms with Crippen molar-refractivity contribution in [3.8, 4) is 0 Å². The molecule has 0 radical (unpaired) electrons. The van der Waals surface area contributed by atoms with E-state index in [0.29, 0.717) is 19.6 Å². The zero-order valence-corrected chi connectivity index (χ0v) is 11.5. The van der Waals surface area contributed by atoms with Crippen molar-refractivity contribution < 1.29 is 17.5 Å². The lowest BCUT2D eigenvalue weighted by atomic mass is 10.2. The SMILES string of the molecule is CCC1COCCN1S(=O)(=O)c1c(N)cccc1F. The van der Waals surface area contributed by atoms with Gasteiger partial charge in [-0.2, -0.15) is 4.31 Å². The van der Waals surface area contributed by atoms with Gasteiger partial charge in [-0.25, -0.2) is 12.8 Å². The Kier molecular flexibility index (Phi) is 4.07. The van der Waals surface area contributed by atoms with E-state index in [0.717, 1.165) is 6.07 Å². The van der Waals surface area contributed by atoms with Gasteiger partial charge in [-0.1, -0.05) is 13.0 Å². The summed E-state index contributed by atoms with van der Waals surface area (Å²) in [5, 5.41) is 0. The van der Waals surface area contributed by atoms with Crippen molar-refractivity contribution in [2.24, 2.45) is 0 Å². The summed E-state index contributed by atoms with van der Waals surface area (Å²) < 4.78 is 45.5. The zero-order valence-electron chi connectivity index (χ0n) is 10.7. The highest BCUT2D eigenvalue weighted by atomic mass is 32.2. The van der Waals surface area contributed by atoms with E-state index in [2.05, 4.69) is 0 Å². The number of ether oxygens (including phenoxy) is 1. The maximum atomic E-state index is 13.8. The molecule has 5 nitrogen and oxygen atoms in total. The predicted molar refractivity (Wildman–Crippen MR) is 69.6 cm³/mol. The van der Waals surface area contributed by atoms with Gasteiger partial charge >= 0.3 is 0 Å². The van der Waals surface area contributed by atoms with Crippen LogP contribution in [0.5, 0.6) is 0 Å². The van der Waals surface area contributed by atoms with Gasteiger partial charge < -0.3 is 10.5 Å². The van der Waals surface area contributed by atoms with Crippen molar-refractivity contribution in [1.82, 2.24) is 4.31 Å². The van der Waals surface area contributed by atoms with E-state index in [1.54, 1.807) is 0 Å². The standard InChI is InChI=1S/C12H17FN2O3S/c1-2-9-8-18-7-6-15(9)19(16,17)12-10(13)4-3-5-11(12)14/h3-5,9H,2,6-8,14H2,1H3. The van der Waals surface area contributed by atoms with E-state index < -0.39 is 20.7 Å². The first-order valence-corrected chi connectivity index (χ1v) is 7.56. The number of nitrogens with two attached hydrogens (primary N) is 1. The van der Waals surface area contributed by atoms with Gasteiger partial charge in [0.25, 0.3) is 0 Å². The van der Waals surface area contributed by atoms with Crippen LogP contribution in [0.25, 0.3) is 0 Å². The van der Waals surface area contributed by atoms with Crippen molar-refractivity contribution in [2.75, 3.05) is 25.5 Å². The monoisotopic (exact) mass is 288 g/mol. The normalized spacial score (nSPS) is 21.5. The Morgan fingerprint density at radius 2 is 2.26 bits per heavy atom. The molecule has 1 atom stereocenters. The van der Waals surface area contributed by atoms with Crippen LogP contribution in [0, 0.1) is 5.82 Å². The number of nitrogen functional groups attached to an aromatic ring is 1. The molecular formula is C12H17FN2O3S. The molecule has 1 aliphatic heterocycles. The Morgan fingerprint density at radius 3 is 2.89 bits per heavy atom. The van der Waals surface area contributed by atoms with Crippen LogP contribution in [0.4, 0.5) is 10.1 Å². The summed E-state index contributed by atoms with van der Waals surface area (Å²) in [5.74, 6) is -0.818. The zero-order chi connectivity index (χ0) is 14.0. The highest BCUT2D eigenvalue weighted by Crippen LogP contribution is 2.28. The number of hydrogen-bond donors (Lipinski definition) is 1. The Morgan fingerprint density at radius 1 is 1.53 bits per heavy atom. The third kappa shape index (κ3) is 2.58. The summed E-state index contributed by atoms with van der Waals surface area (Å²) in [6, 6.07) is 3.60. The van der Waals surface area contributed by atoms with Crippen molar-refractivity contribution in [2.45, 2.75) is 24.3 Å². The number of benzene rings is 1. The largest absolute Gasteiger partial charge is 0.398 e. The molecule has 0 aromatic heterocycles. The van der Waals surface area contributed by atoms with Crippen molar-refractivity contribution in [1.29, 1.82) is 0 Å². The third-order valence-electron chi connectivity index (χ3n) is 3.21. The molecule has 19 heavy (non-hydrogen) atoms. The third-order valence-corrected chi connectivity index (χ3v) is 5.25. The molecule has 1 unspecified atom stereocenters. The van der Waals surface area contributed by atoms with Crippen molar-refractivity contribution in [3.05, 3.63) is 24.0 Å². The second-order valence-corrected chi connectivity index (χ2v) is 6.24. The molecule has 1 heterocycles. The van der Waals surface area contributed by atoms with E-state index in [4.69, 9.17) is 10.5 Å². The minimum atomic E-state index is -3.93. The van der Waals surface area contributed by atoms with Crippen LogP contribution in [0.2, 0.25) is 0 Å². The molecule has 0 amide bonds. The molecule has 0 aliphatic carbocycles. The number of sulfonamides is 1. The Labute approximate surface area is 112 Å². The molecule has 1 fully saturated rings. The molecule has 2 rings (SSSR count). The van der Waals surface area contributed by atoms with Crippen LogP contribution in [-0.2, 0) is 14.8 Å². The van der Waals surface area contributed by atoms with Crippen LogP contribution in [-0.4, -0.2) is 38.5 Å². The van der Waals surface area contributed by atoms with E-state index >= 15 is 0 Å². The van der Waals surface area contributed by atoms with Gasteiger partial charge in [0.15, 0.2) is 0 Å². The number of nitrogens with zero attached hydrogens (tertiary/aromatic N) is 1. The molecule has 0 bridgehead atoms. The fourth-order valence-electron chi connectivity index (χ4n) is 2.19. The molecule has 2 N–H and O–H groups in total. The number of anilines is 1. The van der Waals surface area contributed by atoms with E-state index in [9.17, 15) is 12.8 Å². The van der Waals surface area contributed by atoms with Crippen molar-refractivity contribution in [3.63, 3.8) is 0 Å². The molecule has 7 heteroatoms. The van der Waals surface area contributed by atoms with Crippen LogP contribution in [0.1, 0.15) is 13.3 Å². The number of halogens is 1. The molecule has 1 aliphatic rings. The fourth-order valence-corrected chi connectivity index (χ4v) is 4.02. The van der Waals surface area contributed by atoms with Gasteiger partial charge in [-0.3, -0.25) is 0 Å². The lowest BCUT2D eigenvalue weighted by molar-refractivity contribution is 0.0313. The first-order chi connectivity index (χ1) is 8.98.